The predicted molar refractivity (Wildman–Crippen MR) is 89.6 cm³/mol. The van der Waals surface area contributed by atoms with Gasteiger partial charge in [0.05, 0.1) is 31.6 Å². The third-order valence-electron chi connectivity index (χ3n) is 4.05. The largest absolute Gasteiger partial charge is 0.374 e. The highest BCUT2D eigenvalue weighted by Gasteiger charge is 2.24. The zero-order chi connectivity index (χ0) is 17.6. The van der Waals surface area contributed by atoms with Crippen molar-refractivity contribution in [3.63, 3.8) is 0 Å². The molecule has 2 aromatic heterocycles. The molecule has 0 spiro atoms. The minimum absolute atomic E-state index is 0.123. The van der Waals surface area contributed by atoms with E-state index in [1.807, 2.05) is 18.8 Å². The molecular weight excluding hydrogens is 322 g/mol. The number of rotatable bonds is 6. The first-order chi connectivity index (χ1) is 12.1. The Balaban J connectivity index is 1.69. The first kappa shape index (κ1) is 17.4. The van der Waals surface area contributed by atoms with Crippen LogP contribution >= 0.6 is 0 Å². The molecule has 0 atom stereocenters. The second kappa shape index (κ2) is 8.13. The smallest absolute Gasteiger partial charge is 0.274 e. The fourth-order valence-corrected chi connectivity index (χ4v) is 2.67. The van der Waals surface area contributed by atoms with Crippen molar-refractivity contribution in [1.29, 1.82) is 0 Å². The number of nitrogens with zero attached hydrogens (tertiary/aromatic N) is 7. The van der Waals surface area contributed by atoms with Crippen LogP contribution in [0.1, 0.15) is 28.3 Å². The highest BCUT2D eigenvalue weighted by Crippen LogP contribution is 2.17. The summed E-state index contributed by atoms with van der Waals surface area (Å²) in [5, 5.41) is 8.44. The van der Waals surface area contributed by atoms with Crippen LogP contribution < -0.4 is 0 Å². The summed E-state index contributed by atoms with van der Waals surface area (Å²) >= 11 is 0. The Morgan fingerprint density at radius 2 is 2.20 bits per heavy atom. The fraction of sp³-hybridized carbons (Fsp3) is 0.562. The molecule has 0 bridgehead atoms. The number of hydrogen-bond acceptors (Lipinski definition) is 7. The molecule has 0 aliphatic carbocycles. The summed E-state index contributed by atoms with van der Waals surface area (Å²) in [6.07, 6.45) is 5.40. The van der Waals surface area contributed by atoms with Crippen molar-refractivity contribution in [1.82, 2.24) is 34.8 Å². The average Bonchev–Trinajstić information content (AvgIpc) is 2.86. The second-order valence-corrected chi connectivity index (χ2v) is 6.23. The molecule has 25 heavy (non-hydrogen) atoms. The fourth-order valence-electron chi connectivity index (χ4n) is 2.67. The lowest BCUT2D eigenvalue weighted by molar-refractivity contribution is 0.0734. The van der Waals surface area contributed by atoms with Crippen molar-refractivity contribution < 1.29 is 9.53 Å². The molecule has 0 fully saturated rings. The van der Waals surface area contributed by atoms with Crippen LogP contribution in [0.25, 0.3) is 0 Å². The third-order valence-corrected chi connectivity index (χ3v) is 4.05. The number of carbonyl (C=O) groups excluding carboxylic acids is 1. The summed E-state index contributed by atoms with van der Waals surface area (Å²) < 4.78 is 7.56. The first-order valence-electron chi connectivity index (χ1n) is 8.34. The van der Waals surface area contributed by atoms with Crippen LogP contribution in [0.3, 0.4) is 0 Å². The SMILES string of the molecule is CN(C)CCOCc1nnn2c1CN(C(=O)c1cnccn1)CCC2. The van der Waals surface area contributed by atoms with Crippen LogP contribution in [0.5, 0.6) is 0 Å². The van der Waals surface area contributed by atoms with E-state index in [0.717, 1.165) is 30.9 Å². The van der Waals surface area contributed by atoms with Gasteiger partial charge in [-0.05, 0) is 20.5 Å². The van der Waals surface area contributed by atoms with Gasteiger partial charge in [0.25, 0.3) is 5.91 Å². The van der Waals surface area contributed by atoms with Gasteiger partial charge in [-0.2, -0.15) is 0 Å². The molecule has 1 aliphatic rings. The molecule has 2 aromatic rings. The summed E-state index contributed by atoms with van der Waals surface area (Å²) in [7, 11) is 4.01. The number of fused-ring (bicyclic) bond motifs is 1. The summed E-state index contributed by atoms with van der Waals surface area (Å²) in [5.41, 5.74) is 2.07. The van der Waals surface area contributed by atoms with Crippen LogP contribution in [0.15, 0.2) is 18.6 Å². The lowest BCUT2D eigenvalue weighted by Gasteiger charge is -2.19. The Labute approximate surface area is 146 Å². The maximum atomic E-state index is 12.7. The molecule has 0 saturated carbocycles. The minimum atomic E-state index is -0.123. The Morgan fingerprint density at radius 1 is 1.32 bits per heavy atom. The van der Waals surface area contributed by atoms with E-state index >= 15 is 0 Å². The molecule has 134 valence electrons. The van der Waals surface area contributed by atoms with Crippen molar-refractivity contribution >= 4 is 5.91 Å². The van der Waals surface area contributed by atoms with E-state index in [-0.39, 0.29) is 5.91 Å². The lowest BCUT2D eigenvalue weighted by Crippen LogP contribution is -2.31. The van der Waals surface area contributed by atoms with Gasteiger partial charge < -0.3 is 14.5 Å². The van der Waals surface area contributed by atoms with E-state index in [4.69, 9.17) is 4.74 Å². The quantitative estimate of drug-likeness (QED) is 0.691. The number of carbonyl (C=O) groups is 1. The third kappa shape index (κ3) is 4.37. The normalized spacial score (nSPS) is 14.4. The Morgan fingerprint density at radius 3 is 2.96 bits per heavy atom. The highest BCUT2D eigenvalue weighted by atomic mass is 16.5. The van der Waals surface area contributed by atoms with Crippen molar-refractivity contribution in [3.8, 4) is 0 Å². The van der Waals surface area contributed by atoms with Crippen LogP contribution in [0, 0.1) is 0 Å². The highest BCUT2D eigenvalue weighted by molar-refractivity contribution is 5.91. The Hall–Kier alpha value is -2.39. The van der Waals surface area contributed by atoms with Gasteiger partial charge in [-0.25, -0.2) is 9.67 Å². The second-order valence-electron chi connectivity index (χ2n) is 6.23. The molecule has 9 heteroatoms. The van der Waals surface area contributed by atoms with Crippen LogP contribution in [0.2, 0.25) is 0 Å². The van der Waals surface area contributed by atoms with Gasteiger partial charge in [-0.1, -0.05) is 5.21 Å². The molecule has 3 rings (SSSR count). The van der Waals surface area contributed by atoms with Crippen molar-refractivity contribution in [2.75, 3.05) is 33.8 Å². The summed E-state index contributed by atoms with van der Waals surface area (Å²) in [6, 6.07) is 0. The van der Waals surface area contributed by atoms with Crippen LogP contribution in [-0.4, -0.2) is 74.5 Å². The molecule has 9 nitrogen and oxygen atoms in total. The lowest BCUT2D eigenvalue weighted by atomic mass is 10.3. The summed E-state index contributed by atoms with van der Waals surface area (Å²) in [6.45, 7) is 3.72. The Kier molecular flexibility index (Phi) is 5.67. The number of aromatic nitrogens is 5. The average molecular weight is 345 g/mol. The van der Waals surface area contributed by atoms with E-state index in [1.54, 1.807) is 11.1 Å². The van der Waals surface area contributed by atoms with Gasteiger partial charge in [0, 0.05) is 32.0 Å². The maximum absolute atomic E-state index is 12.7. The van der Waals surface area contributed by atoms with Crippen molar-refractivity contribution in [2.24, 2.45) is 0 Å². The standard InChI is InChI=1S/C16H23N7O2/c1-21(2)8-9-25-12-14-15-11-22(6-3-7-23(15)20-19-14)16(24)13-10-17-4-5-18-13/h4-5,10H,3,6-9,11-12H2,1-2H3. The van der Waals surface area contributed by atoms with Gasteiger partial charge in [-0.3, -0.25) is 9.78 Å². The number of hydrogen-bond donors (Lipinski definition) is 0. The number of aryl methyl sites for hydroxylation is 1. The molecule has 0 radical (unpaired) electrons. The first-order valence-corrected chi connectivity index (χ1v) is 8.34. The molecule has 0 aromatic carbocycles. The molecule has 0 unspecified atom stereocenters. The van der Waals surface area contributed by atoms with Crippen LogP contribution in [-0.2, 0) is 24.4 Å². The van der Waals surface area contributed by atoms with Crippen molar-refractivity contribution in [3.05, 3.63) is 35.7 Å². The van der Waals surface area contributed by atoms with E-state index in [0.29, 0.717) is 32.0 Å². The van der Waals surface area contributed by atoms with Crippen LogP contribution in [0.4, 0.5) is 0 Å². The van der Waals surface area contributed by atoms with E-state index in [1.165, 1.54) is 12.4 Å². The minimum Gasteiger partial charge on any atom is -0.374 e. The van der Waals surface area contributed by atoms with Gasteiger partial charge in [0.1, 0.15) is 11.4 Å². The van der Waals surface area contributed by atoms with Gasteiger partial charge >= 0.3 is 0 Å². The zero-order valence-corrected chi connectivity index (χ0v) is 14.6. The topological polar surface area (TPSA) is 89.3 Å². The molecule has 0 saturated heterocycles. The Bertz CT molecular complexity index is 702. The zero-order valence-electron chi connectivity index (χ0n) is 14.6. The maximum Gasteiger partial charge on any atom is 0.274 e. The molecular formula is C16H23N7O2. The number of ether oxygens (including phenoxy) is 1. The molecule has 1 amide bonds. The van der Waals surface area contributed by atoms with Gasteiger partial charge in [-0.15, -0.1) is 5.10 Å². The monoisotopic (exact) mass is 345 g/mol. The number of amides is 1. The van der Waals surface area contributed by atoms with E-state index < -0.39 is 0 Å². The molecule has 1 aliphatic heterocycles. The number of likely N-dealkylation sites (N-methyl/N-ethyl adjacent to an activating group) is 1. The van der Waals surface area contributed by atoms with Crippen molar-refractivity contribution in [2.45, 2.75) is 26.1 Å². The molecule has 0 N–H and O–H groups in total. The summed E-state index contributed by atoms with van der Waals surface area (Å²) in [5.74, 6) is -0.123. The predicted octanol–water partition coefficient (Wildman–Crippen LogP) is 0.192. The molecule has 3 heterocycles. The van der Waals surface area contributed by atoms with E-state index in [9.17, 15) is 4.79 Å². The summed E-state index contributed by atoms with van der Waals surface area (Å²) in [4.78, 5) is 24.6. The van der Waals surface area contributed by atoms with Gasteiger partial charge in [0.15, 0.2) is 0 Å². The van der Waals surface area contributed by atoms with Gasteiger partial charge in [0.2, 0.25) is 0 Å². The van der Waals surface area contributed by atoms with E-state index in [2.05, 4.69) is 25.2 Å².